The lowest BCUT2D eigenvalue weighted by Gasteiger charge is -2.38. The molecule has 1 saturated carbocycles. The second-order valence-electron chi connectivity index (χ2n) is 6.36. The monoisotopic (exact) mass is 223 g/mol. The highest BCUT2D eigenvalue weighted by atomic mass is 16.2. The number of allylic oxidation sites excluding steroid dienone is 1. The van der Waals surface area contributed by atoms with Crippen LogP contribution in [0.5, 0.6) is 0 Å². The first kappa shape index (κ1) is 13.3. The molecule has 0 radical (unpaired) electrons. The molecule has 1 amide bonds. The molecule has 16 heavy (non-hydrogen) atoms. The molecular formula is C14H25NO. The lowest BCUT2D eigenvalue weighted by Crippen LogP contribution is -2.49. The molecule has 2 atom stereocenters. The summed E-state index contributed by atoms with van der Waals surface area (Å²) in [4.78, 5) is 12.3. The lowest BCUT2D eigenvalue weighted by molar-refractivity contribution is -0.134. The van der Waals surface area contributed by atoms with Gasteiger partial charge in [0.1, 0.15) is 0 Å². The van der Waals surface area contributed by atoms with E-state index in [1.165, 1.54) is 6.42 Å². The van der Waals surface area contributed by atoms with E-state index in [1.807, 2.05) is 26.8 Å². The van der Waals surface area contributed by atoms with Gasteiger partial charge in [0, 0.05) is 11.0 Å². The highest BCUT2D eigenvalue weighted by molar-refractivity contribution is 5.83. The quantitative estimate of drug-likeness (QED) is 0.715. The molecule has 0 aromatic heterocycles. The van der Waals surface area contributed by atoms with Crippen LogP contribution in [0.1, 0.15) is 53.4 Å². The van der Waals surface area contributed by atoms with Crippen LogP contribution in [0.2, 0.25) is 0 Å². The number of nitrogens with one attached hydrogen (secondary N) is 1. The molecule has 0 aromatic carbocycles. The molecule has 1 aliphatic rings. The molecular weight excluding hydrogens is 198 g/mol. The number of carbonyl (C=O) groups is 1. The van der Waals surface area contributed by atoms with Crippen molar-refractivity contribution in [1.82, 2.24) is 5.32 Å². The maximum absolute atomic E-state index is 12.3. The molecule has 0 saturated heterocycles. The Morgan fingerprint density at radius 3 is 2.62 bits per heavy atom. The van der Waals surface area contributed by atoms with Crippen molar-refractivity contribution in [3.8, 4) is 0 Å². The molecule has 0 aliphatic heterocycles. The van der Waals surface area contributed by atoms with E-state index in [9.17, 15) is 4.79 Å². The Bertz CT molecular complexity index is 277. The molecule has 1 N–H and O–H groups in total. The zero-order chi connectivity index (χ0) is 12.4. The fourth-order valence-corrected chi connectivity index (χ4v) is 2.44. The van der Waals surface area contributed by atoms with Gasteiger partial charge in [-0.3, -0.25) is 4.79 Å². The van der Waals surface area contributed by atoms with Crippen LogP contribution in [0.15, 0.2) is 12.7 Å². The fourth-order valence-electron chi connectivity index (χ4n) is 2.44. The smallest absolute Gasteiger partial charge is 0.226 e. The molecule has 2 heteroatoms. The maximum atomic E-state index is 12.3. The molecule has 0 spiro atoms. The minimum absolute atomic E-state index is 0.138. The minimum atomic E-state index is -0.204. The lowest BCUT2D eigenvalue weighted by atomic mass is 9.70. The van der Waals surface area contributed by atoms with Crippen molar-refractivity contribution < 1.29 is 4.79 Å². The summed E-state index contributed by atoms with van der Waals surface area (Å²) >= 11 is 0. The highest BCUT2D eigenvalue weighted by Crippen LogP contribution is 2.40. The third kappa shape index (κ3) is 3.36. The topological polar surface area (TPSA) is 29.1 Å². The first-order valence-corrected chi connectivity index (χ1v) is 6.22. The summed E-state index contributed by atoms with van der Waals surface area (Å²) in [5, 5.41) is 3.10. The molecule has 1 aliphatic carbocycles. The van der Waals surface area contributed by atoms with Gasteiger partial charge in [-0.25, -0.2) is 0 Å². The van der Waals surface area contributed by atoms with E-state index in [4.69, 9.17) is 0 Å². The van der Waals surface area contributed by atoms with Crippen molar-refractivity contribution >= 4 is 5.91 Å². The summed E-state index contributed by atoms with van der Waals surface area (Å²) in [5.74, 6) is 0.705. The Kier molecular flexibility index (Phi) is 3.82. The van der Waals surface area contributed by atoms with Gasteiger partial charge in [0.15, 0.2) is 0 Å². The molecule has 2 nitrogen and oxygen atoms in total. The minimum Gasteiger partial charge on any atom is -0.351 e. The average molecular weight is 223 g/mol. The molecule has 1 fully saturated rings. The van der Waals surface area contributed by atoms with Crippen LogP contribution in [-0.4, -0.2) is 11.4 Å². The summed E-state index contributed by atoms with van der Waals surface area (Å²) in [6.45, 7) is 12.0. The molecule has 0 unspecified atom stereocenters. The Balaban J connectivity index is 2.69. The van der Waals surface area contributed by atoms with Gasteiger partial charge in [0.2, 0.25) is 5.91 Å². The second-order valence-corrected chi connectivity index (χ2v) is 6.36. The van der Waals surface area contributed by atoms with E-state index in [1.54, 1.807) is 0 Å². The highest BCUT2D eigenvalue weighted by Gasteiger charge is 2.38. The third-order valence-corrected chi connectivity index (χ3v) is 3.39. The predicted molar refractivity (Wildman–Crippen MR) is 68.2 cm³/mol. The zero-order valence-electron chi connectivity index (χ0n) is 11.1. The Labute approximate surface area is 99.5 Å². The fraction of sp³-hybridized carbons (Fsp3) is 0.786. The predicted octanol–water partition coefficient (Wildman–Crippen LogP) is 3.28. The second kappa shape index (κ2) is 4.60. The van der Waals surface area contributed by atoms with Crippen LogP contribution in [0.4, 0.5) is 0 Å². The first-order valence-electron chi connectivity index (χ1n) is 6.22. The molecule has 92 valence electrons. The average Bonchev–Trinajstić information content (AvgIpc) is 2.15. The van der Waals surface area contributed by atoms with Gasteiger partial charge in [-0.2, -0.15) is 0 Å². The van der Waals surface area contributed by atoms with E-state index in [0.717, 1.165) is 19.3 Å². The van der Waals surface area contributed by atoms with Crippen LogP contribution in [0.3, 0.4) is 0 Å². The summed E-state index contributed by atoms with van der Waals surface area (Å²) in [6.07, 6.45) is 6.26. The zero-order valence-corrected chi connectivity index (χ0v) is 11.1. The number of rotatable bonds is 2. The van der Waals surface area contributed by atoms with Crippen molar-refractivity contribution in [3.05, 3.63) is 12.7 Å². The number of hydrogen-bond donors (Lipinski definition) is 1. The largest absolute Gasteiger partial charge is 0.351 e. The van der Waals surface area contributed by atoms with Crippen molar-refractivity contribution in [2.45, 2.75) is 58.9 Å². The molecule has 1 rings (SSSR count). The Morgan fingerprint density at radius 2 is 2.12 bits per heavy atom. The van der Waals surface area contributed by atoms with Gasteiger partial charge in [-0.15, -0.1) is 6.58 Å². The Hall–Kier alpha value is -0.790. The van der Waals surface area contributed by atoms with Gasteiger partial charge in [-0.05, 0) is 46.0 Å². The molecule has 0 bridgehead atoms. The van der Waals surface area contributed by atoms with Gasteiger partial charge in [-0.1, -0.05) is 19.4 Å². The van der Waals surface area contributed by atoms with Crippen LogP contribution in [0.25, 0.3) is 0 Å². The number of carbonyl (C=O) groups excluding carboxylic acids is 1. The van der Waals surface area contributed by atoms with Gasteiger partial charge in [0.05, 0.1) is 0 Å². The summed E-state index contributed by atoms with van der Waals surface area (Å²) < 4.78 is 0. The van der Waals surface area contributed by atoms with Gasteiger partial charge < -0.3 is 5.32 Å². The van der Waals surface area contributed by atoms with Crippen LogP contribution in [-0.2, 0) is 4.79 Å². The standard InChI is InChI=1S/C14H25NO/c1-6-11-8-7-9-14(5,10-11)12(16)15-13(2,3)4/h6,11H,1,7-10H2,2-5H3,(H,15,16)/t11-,14-/m0/s1. The molecule has 0 aromatic rings. The Morgan fingerprint density at radius 1 is 1.50 bits per heavy atom. The van der Waals surface area contributed by atoms with E-state index in [2.05, 4.69) is 18.8 Å². The summed E-state index contributed by atoms with van der Waals surface area (Å²) in [5.41, 5.74) is -0.342. The SMILES string of the molecule is C=C[C@H]1CCC[C@](C)(C(=O)NC(C)(C)C)C1. The summed E-state index contributed by atoms with van der Waals surface area (Å²) in [6, 6.07) is 0. The van der Waals surface area contributed by atoms with E-state index >= 15 is 0 Å². The van der Waals surface area contributed by atoms with Crippen molar-refractivity contribution in [2.24, 2.45) is 11.3 Å². The number of hydrogen-bond acceptors (Lipinski definition) is 1. The number of amides is 1. The van der Waals surface area contributed by atoms with Crippen LogP contribution >= 0.6 is 0 Å². The first-order chi connectivity index (χ1) is 7.27. The van der Waals surface area contributed by atoms with Crippen LogP contribution < -0.4 is 5.32 Å². The summed E-state index contributed by atoms with van der Waals surface area (Å²) in [7, 11) is 0. The normalized spacial score (nSPS) is 30.9. The van der Waals surface area contributed by atoms with Gasteiger partial charge >= 0.3 is 0 Å². The van der Waals surface area contributed by atoms with E-state index < -0.39 is 0 Å². The van der Waals surface area contributed by atoms with Gasteiger partial charge in [0.25, 0.3) is 0 Å². The van der Waals surface area contributed by atoms with E-state index in [-0.39, 0.29) is 16.9 Å². The van der Waals surface area contributed by atoms with Crippen molar-refractivity contribution in [2.75, 3.05) is 0 Å². The van der Waals surface area contributed by atoms with Crippen molar-refractivity contribution in [3.63, 3.8) is 0 Å². The van der Waals surface area contributed by atoms with Crippen LogP contribution in [0, 0.1) is 11.3 Å². The van der Waals surface area contributed by atoms with Crippen molar-refractivity contribution in [1.29, 1.82) is 0 Å². The maximum Gasteiger partial charge on any atom is 0.226 e. The third-order valence-electron chi connectivity index (χ3n) is 3.39. The molecule has 0 heterocycles. The van der Waals surface area contributed by atoms with E-state index in [0.29, 0.717) is 5.92 Å².